The number of carbonyl (C=O) groups excluding carboxylic acids is 1. The summed E-state index contributed by atoms with van der Waals surface area (Å²) in [7, 11) is 1.24. The highest BCUT2D eigenvalue weighted by molar-refractivity contribution is 5.67. The molecule has 3 atom stereocenters. The lowest BCUT2D eigenvalue weighted by molar-refractivity contribution is -0.0295. The predicted octanol–water partition coefficient (Wildman–Crippen LogP) is -1.19. The van der Waals surface area contributed by atoms with E-state index in [9.17, 15) is 9.90 Å². The first-order chi connectivity index (χ1) is 6.17. The fourth-order valence-electron chi connectivity index (χ4n) is 1.18. The summed E-state index contributed by atoms with van der Waals surface area (Å²) in [5.74, 6) is 0. The van der Waals surface area contributed by atoms with Crippen molar-refractivity contribution in [3.8, 4) is 0 Å². The molecule has 0 bridgehead atoms. The molecule has 1 unspecified atom stereocenters. The van der Waals surface area contributed by atoms with Crippen molar-refractivity contribution in [2.45, 2.75) is 24.9 Å². The molecule has 0 aromatic rings. The SMILES string of the molecule is COC(=O)NC1C[C@H](O)[C@@H](CO)O1. The molecule has 0 aliphatic carbocycles. The van der Waals surface area contributed by atoms with E-state index in [1.807, 2.05) is 0 Å². The van der Waals surface area contributed by atoms with Crippen molar-refractivity contribution in [2.75, 3.05) is 13.7 Å². The molecule has 1 aliphatic heterocycles. The van der Waals surface area contributed by atoms with Gasteiger partial charge in [0.25, 0.3) is 0 Å². The highest BCUT2D eigenvalue weighted by Crippen LogP contribution is 2.18. The first-order valence-electron chi connectivity index (χ1n) is 3.96. The predicted molar refractivity (Wildman–Crippen MR) is 41.9 cm³/mol. The summed E-state index contributed by atoms with van der Waals surface area (Å²) in [4.78, 5) is 10.7. The molecule has 0 aromatic carbocycles. The number of methoxy groups -OCH3 is 1. The summed E-state index contributed by atoms with van der Waals surface area (Å²) in [6.45, 7) is -0.263. The van der Waals surface area contributed by atoms with Crippen molar-refractivity contribution < 1.29 is 24.5 Å². The Morgan fingerprint density at radius 1 is 1.77 bits per heavy atom. The van der Waals surface area contributed by atoms with Crippen LogP contribution < -0.4 is 5.32 Å². The molecule has 76 valence electrons. The molecule has 1 aliphatic rings. The Morgan fingerprint density at radius 3 is 2.92 bits per heavy atom. The molecule has 1 fully saturated rings. The normalized spacial score (nSPS) is 33.0. The second kappa shape index (κ2) is 4.40. The van der Waals surface area contributed by atoms with Crippen molar-refractivity contribution in [1.82, 2.24) is 5.32 Å². The van der Waals surface area contributed by atoms with Gasteiger partial charge in [-0.3, -0.25) is 5.32 Å². The summed E-state index contributed by atoms with van der Waals surface area (Å²) in [6, 6.07) is 0. The van der Waals surface area contributed by atoms with E-state index in [-0.39, 0.29) is 13.0 Å². The molecule has 0 aromatic heterocycles. The van der Waals surface area contributed by atoms with Crippen LogP contribution in [0, 0.1) is 0 Å². The lowest BCUT2D eigenvalue weighted by Gasteiger charge is -2.12. The highest BCUT2D eigenvalue weighted by Gasteiger charge is 2.34. The zero-order chi connectivity index (χ0) is 9.84. The molecular formula is C7H13NO5. The van der Waals surface area contributed by atoms with Gasteiger partial charge < -0.3 is 19.7 Å². The summed E-state index contributed by atoms with van der Waals surface area (Å²) >= 11 is 0. The zero-order valence-corrected chi connectivity index (χ0v) is 7.27. The minimum atomic E-state index is -0.743. The van der Waals surface area contributed by atoms with Gasteiger partial charge in [-0.05, 0) is 0 Å². The van der Waals surface area contributed by atoms with E-state index >= 15 is 0 Å². The molecule has 13 heavy (non-hydrogen) atoms. The van der Waals surface area contributed by atoms with Crippen LogP contribution in [-0.4, -0.2) is 48.5 Å². The van der Waals surface area contributed by atoms with E-state index in [4.69, 9.17) is 9.84 Å². The van der Waals surface area contributed by atoms with Crippen LogP contribution in [0.3, 0.4) is 0 Å². The monoisotopic (exact) mass is 191 g/mol. The van der Waals surface area contributed by atoms with Gasteiger partial charge in [0.1, 0.15) is 12.3 Å². The number of aliphatic hydroxyl groups is 2. The number of hydrogen-bond acceptors (Lipinski definition) is 5. The fraction of sp³-hybridized carbons (Fsp3) is 0.857. The smallest absolute Gasteiger partial charge is 0.408 e. The lowest BCUT2D eigenvalue weighted by atomic mass is 10.2. The third-order valence-corrected chi connectivity index (χ3v) is 1.87. The fourth-order valence-corrected chi connectivity index (χ4v) is 1.18. The molecule has 0 radical (unpaired) electrons. The maximum absolute atomic E-state index is 10.7. The van der Waals surface area contributed by atoms with Crippen molar-refractivity contribution >= 4 is 6.09 Å². The largest absolute Gasteiger partial charge is 0.453 e. The Kier molecular flexibility index (Phi) is 3.47. The molecule has 0 saturated carbocycles. The van der Waals surface area contributed by atoms with E-state index in [1.165, 1.54) is 7.11 Å². The van der Waals surface area contributed by atoms with Gasteiger partial charge in [-0.2, -0.15) is 0 Å². The van der Waals surface area contributed by atoms with Crippen LogP contribution in [0.2, 0.25) is 0 Å². The molecular weight excluding hydrogens is 178 g/mol. The van der Waals surface area contributed by atoms with E-state index in [0.717, 1.165) is 0 Å². The Bertz CT molecular complexity index is 186. The molecule has 3 N–H and O–H groups in total. The molecule has 0 spiro atoms. The van der Waals surface area contributed by atoms with Crippen LogP contribution >= 0.6 is 0 Å². The van der Waals surface area contributed by atoms with E-state index < -0.39 is 24.5 Å². The van der Waals surface area contributed by atoms with Crippen LogP contribution in [-0.2, 0) is 9.47 Å². The van der Waals surface area contributed by atoms with Crippen LogP contribution in [0.25, 0.3) is 0 Å². The highest BCUT2D eigenvalue weighted by atomic mass is 16.6. The van der Waals surface area contributed by atoms with Gasteiger partial charge in [0, 0.05) is 6.42 Å². The minimum Gasteiger partial charge on any atom is -0.453 e. The molecule has 6 heteroatoms. The molecule has 1 saturated heterocycles. The van der Waals surface area contributed by atoms with Gasteiger partial charge in [0.15, 0.2) is 0 Å². The van der Waals surface area contributed by atoms with Crippen LogP contribution in [0.5, 0.6) is 0 Å². The van der Waals surface area contributed by atoms with Crippen molar-refractivity contribution in [2.24, 2.45) is 0 Å². The number of alkyl carbamates (subject to hydrolysis) is 1. The Hall–Kier alpha value is -0.850. The molecule has 1 rings (SSSR count). The van der Waals surface area contributed by atoms with E-state index in [2.05, 4.69) is 10.1 Å². The van der Waals surface area contributed by atoms with E-state index in [0.29, 0.717) is 0 Å². The van der Waals surface area contributed by atoms with Crippen LogP contribution in [0.1, 0.15) is 6.42 Å². The second-order valence-corrected chi connectivity index (χ2v) is 2.78. The summed E-state index contributed by atoms with van der Waals surface area (Å²) in [5.41, 5.74) is 0. The number of aliphatic hydroxyl groups excluding tert-OH is 2. The Balaban J connectivity index is 2.35. The third-order valence-electron chi connectivity index (χ3n) is 1.87. The lowest BCUT2D eigenvalue weighted by Crippen LogP contribution is -2.34. The molecule has 1 heterocycles. The molecule has 6 nitrogen and oxygen atoms in total. The van der Waals surface area contributed by atoms with Gasteiger partial charge in [-0.15, -0.1) is 0 Å². The number of hydrogen-bond donors (Lipinski definition) is 3. The van der Waals surface area contributed by atoms with Gasteiger partial charge in [-0.25, -0.2) is 4.79 Å². The van der Waals surface area contributed by atoms with Gasteiger partial charge in [0.2, 0.25) is 0 Å². The zero-order valence-electron chi connectivity index (χ0n) is 7.27. The standard InChI is InChI=1S/C7H13NO5/c1-12-7(11)8-6-2-4(10)5(3-9)13-6/h4-6,9-10H,2-3H2,1H3,(H,8,11)/t4-,5+,6?/m0/s1. The first kappa shape index (κ1) is 10.2. The van der Waals surface area contributed by atoms with Gasteiger partial charge >= 0.3 is 6.09 Å². The molecule has 1 amide bonds. The third kappa shape index (κ3) is 2.55. The minimum absolute atomic E-state index is 0.263. The maximum atomic E-state index is 10.7. The summed E-state index contributed by atoms with van der Waals surface area (Å²) in [6.07, 6.45) is -2.30. The van der Waals surface area contributed by atoms with Crippen molar-refractivity contribution in [3.63, 3.8) is 0 Å². The first-order valence-corrected chi connectivity index (χ1v) is 3.96. The summed E-state index contributed by atoms with van der Waals surface area (Å²) < 4.78 is 9.43. The number of nitrogens with one attached hydrogen (secondary N) is 1. The maximum Gasteiger partial charge on any atom is 0.408 e. The number of ether oxygens (including phenoxy) is 2. The van der Waals surface area contributed by atoms with Crippen molar-refractivity contribution in [1.29, 1.82) is 0 Å². The van der Waals surface area contributed by atoms with Gasteiger partial charge in [-0.1, -0.05) is 0 Å². The number of carbonyl (C=O) groups is 1. The van der Waals surface area contributed by atoms with Crippen molar-refractivity contribution in [3.05, 3.63) is 0 Å². The topological polar surface area (TPSA) is 88.0 Å². The second-order valence-electron chi connectivity index (χ2n) is 2.78. The average molecular weight is 191 g/mol. The number of amides is 1. The Labute approximate surface area is 75.5 Å². The number of rotatable bonds is 2. The average Bonchev–Trinajstić information content (AvgIpc) is 2.46. The van der Waals surface area contributed by atoms with Crippen LogP contribution in [0.15, 0.2) is 0 Å². The van der Waals surface area contributed by atoms with E-state index in [1.54, 1.807) is 0 Å². The van der Waals surface area contributed by atoms with Gasteiger partial charge in [0.05, 0.1) is 19.8 Å². The Morgan fingerprint density at radius 2 is 2.46 bits per heavy atom. The quantitative estimate of drug-likeness (QED) is 0.511. The van der Waals surface area contributed by atoms with Crippen LogP contribution in [0.4, 0.5) is 4.79 Å². The summed E-state index contributed by atoms with van der Waals surface area (Å²) in [5, 5.41) is 20.4.